The molecule has 0 heterocycles. The zero-order valence-electron chi connectivity index (χ0n) is 24.5. The Hall–Kier alpha value is -2.88. The molecule has 0 aromatic heterocycles. The highest BCUT2D eigenvalue weighted by Gasteiger charge is 2.30. The third-order valence-corrected chi connectivity index (χ3v) is 8.12. The first kappa shape index (κ1) is 33.3. The number of carbonyl (C=O) groups excluding carboxylic acids is 2. The van der Waals surface area contributed by atoms with Crippen molar-refractivity contribution in [1.29, 1.82) is 10.5 Å². The van der Waals surface area contributed by atoms with Gasteiger partial charge in [0.15, 0.2) is 11.1 Å². The topological polar surface area (TPSA) is 155 Å². The molecule has 2 fully saturated rings. The number of hydrogen-bond acceptors (Lipinski definition) is 6. The standard InChI is InChI=1S/C30H50N8O2/c31-25-29(19-15-11-7-3-1-4-8-12-16-20-29)37-35-27(39)33-23-24-34-28(40)36-38-30(26-32)21-17-13-9-5-2-6-10-14-18-22-30/h1-24H2,(H,33,39)(H,34,40)/b37-35+,38-36+. The average molecular weight is 555 g/mol. The fourth-order valence-electron chi connectivity index (χ4n) is 5.55. The Bertz CT molecular complexity index is 793. The summed E-state index contributed by atoms with van der Waals surface area (Å²) < 4.78 is 0. The Morgan fingerprint density at radius 2 is 0.750 bits per heavy atom. The summed E-state index contributed by atoms with van der Waals surface area (Å²) in [6.45, 7) is 0.282. The summed E-state index contributed by atoms with van der Waals surface area (Å²) in [6, 6.07) is 3.40. The minimum Gasteiger partial charge on any atom is -0.333 e. The van der Waals surface area contributed by atoms with E-state index in [0.29, 0.717) is 25.7 Å². The summed E-state index contributed by atoms with van der Waals surface area (Å²) in [6.07, 6.45) is 22.5. The molecule has 2 aliphatic carbocycles. The third-order valence-electron chi connectivity index (χ3n) is 8.12. The Morgan fingerprint density at radius 3 is 1.00 bits per heavy atom. The molecule has 0 aromatic carbocycles. The molecule has 4 amide bonds. The van der Waals surface area contributed by atoms with Crippen LogP contribution in [0, 0.1) is 22.7 Å². The Kier molecular flexibility index (Phi) is 16.7. The molecule has 0 spiro atoms. The smallest absolute Gasteiger partial charge is 0.333 e. The maximum absolute atomic E-state index is 12.3. The molecule has 222 valence electrons. The Labute approximate surface area is 240 Å². The summed E-state index contributed by atoms with van der Waals surface area (Å²) >= 11 is 0. The summed E-state index contributed by atoms with van der Waals surface area (Å²) in [5.41, 5.74) is -1.90. The summed E-state index contributed by atoms with van der Waals surface area (Å²) in [5.74, 6) is 0. The van der Waals surface area contributed by atoms with E-state index in [0.717, 1.165) is 51.4 Å². The molecule has 2 N–H and O–H groups in total. The quantitative estimate of drug-likeness (QED) is 0.258. The van der Waals surface area contributed by atoms with Crippen LogP contribution in [0.1, 0.15) is 141 Å². The van der Waals surface area contributed by atoms with Gasteiger partial charge in [-0.05, 0) is 51.4 Å². The van der Waals surface area contributed by atoms with Gasteiger partial charge < -0.3 is 10.6 Å². The number of nitriles is 2. The van der Waals surface area contributed by atoms with E-state index in [1.165, 1.54) is 64.2 Å². The lowest BCUT2D eigenvalue weighted by Gasteiger charge is -2.21. The van der Waals surface area contributed by atoms with Crippen LogP contribution in [0.15, 0.2) is 20.5 Å². The molecular weight excluding hydrogens is 504 g/mol. The van der Waals surface area contributed by atoms with Crippen LogP contribution in [0.3, 0.4) is 0 Å². The molecule has 10 nitrogen and oxygen atoms in total. The van der Waals surface area contributed by atoms with E-state index in [9.17, 15) is 20.1 Å². The summed E-state index contributed by atoms with van der Waals surface area (Å²) in [4.78, 5) is 24.5. The van der Waals surface area contributed by atoms with Crippen molar-refractivity contribution in [3.8, 4) is 12.1 Å². The highest BCUT2D eigenvalue weighted by atomic mass is 16.2. The van der Waals surface area contributed by atoms with E-state index in [4.69, 9.17) is 0 Å². The van der Waals surface area contributed by atoms with Crippen LogP contribution in [0.2, 0.25) is 0 Å². The molecule has 2 rings (SSSR count). The normalized spacial score (nSPS) is 21.9. The van der Waals surface area contributed by atoms with Gasteiger partial charge >= 0.3 is 12.1 Å². The Morgan fingerprint density at radius 1 is 0.500 bits per heavy atom. The van der Waals surface area contributed by atoms with E-state index < -0.39 is 23.1 Å². The predicted octanol–water partition coefficient (Wildman–Crippen LogP) is 8.44. The van der Waals surface area contributed by atoms with Gasteiger partial charge in [0.05, 0.1) is 12.1 Å². The van der Waals surface area contributed by atoms with Crippen LogP contribution in [-0.4, -0.2) is 36.2 Å². The molecular formula is C30H50N8O2. The van der Waals surface area contributed by atoms with E-state index in [2.05, 4.69) is 43.2 Å². The van der Waals surface area contributed by atoms with Crippen molar-refractivity contribution in [3.63, 3.8) is 0 Å². The lowest BCUT2D eigenvalue weighted by molar-refractivity contribution is 0.242. The number of nitrogens with one attached hydrogen (secondary N) is 2. The van der Waals surface area contributed by atoms with Crippen molar-refractivity contribution in [2.24, 2.45) is 20.5 Å². The lowest BCUT2D eigenvalue weighted by atomic mass is 9.87. The van der Waals surface area contributed by atoms with Crippen molar-refractivity contribution < 1.29 is 9.59 Å². The zero-order chi connectivity index (χ0) is 28.8. The van der Waals surface area contributed by atoms with Crippen LogP contribution in [0.5, 0.6) is 0 Å². The van der Waals surface area contributed by atoms with E-state index in [-0.39, 0.29) is 13.1 Å². The van der Waals surface area contributed by atoms with E-state index in [1.54, 1.807) is 0 Å². The largest absolute Gasteiger partial charge is 0.359 e. The number of hydrogen-bond donors (Lipinski definition) is 2. The predicted molar refractivity (Wildman–Crippen MR) is 155 cm³/mol. The van der Waals surface area contributed by atoms with Crippen LogP contribution >= 0.6 is 0 Å². The summed E-state index contributed by atoms with van der Waals surface area (Å²) in [7, 11) is 0. The first-order chi connectivity index (χ1) is 19.5. The zero-order valence-corrected chi connectivity index (χ0v) is 24.5. The molecule has 0 radical (unpaired) electrons. The lowest BCUT2D eigenvalue weighted by Crippen LogP contribution is -2.33. The molecule has 0 aliphatic heterocycles. The molecule has 0 bridgehead atoms. The van der Waals surface area contributed by atoms with Crippen LogP contribution in [0.4, 0.5) is 9.59 Å². The number of carbonyl (C=O) groups is 2. The Balaban J connectivity index is 1.79. The molecule has 2 saturated carbocycles. The first-order valence-corrected chi connectivity index (χ1v) is 15.8. The monoisotopic (exact) mass is 554 g/mol. The van der Waals surface area contributed by atoms with Crippen molar-refractivity contribution in [3.05, 3.63) is 0 Å². The van der Waals surface area contributed by atoms with Gasteiger partial charge in [0.1, 0.15) is 0 Å². The van der Waals surface area contributed by atoms with Gasteiger partial charge in [-0.25, -0.2) is 9.59 Å². The highest BCUT2D eigenvalue weighted by Crippen LogP contribution is 2.29. The third kappa shape index (κ3) is 14.0. The van der Waals surface area contributed by atoms with E-state index >= 15 is 0 Å². The minimum absolute atomic E-state index is 0.141. The van der Waals surface area contributed by atoms with Gasteiger partial charge in [-0.2, -0.15) is 20.8 Å². The highest BCUT2D eigenvalue weighted by molar-refractivity contribution is 5.75. The fraction of sp³-hybridized carbons (Fsp3) is 0.867. The average Bonchev–Trinajstić information content (AvgIpc) is 2.95. The summed E-state index contributed by atoms with van der Waals surface area (Å²) in [5, 5.41) is 41.0. The van der Waals surface area contributed by atoms with Gasteiger partial charge in [-0.3, -0.25) is 0 Å². The number of azo groups is 2. The van der Waals surface area contributed by atoms with Crippen molar-refractivity contribution in [2.75, 3.05) is 13.1 Å². The van der Waals surface area contributed by atoms with Gasteiger partial charge in [0.2, 0.25) is 0 Å². The number of nitrogens with zero attached hydrogens (tertiary/aromatic N) is 6. The second-order valence-electron chi connectivity index (χ2n) is 11.5. The maximum atomic E-state index is 12.3. The van der Waals surface area contributed by atoms with Gasteiger partial charge in [0.25, 0.3) is 0 Å². The number of urea groups is 2. The first-order valence-electron chi connectivity index (χ1n) is 15.8. The van der Waals surface area contributed by atoms with Crippen molar-refractivity contribution in [2.45, 2.75) is 152 Å². The molecule has 0 saturated heterocycles. The van der Waals surface area contributed by atoms with Crippen LogP contribution < -0.4 is 10.6 Å². The molecule has 10 heteroatoms. The molecule has 0 unspecified atom stereocenters. The van der Waals surface area contributed by atoms with Gasteiger partial charge in [0, 0.05) is 13.1 Å². The molecule has 2 aliphatic rings. The minimum atomic E-state index is -0.949. The molecule has 0 atom stereocenters. The SMILES string of the molecule is N#CC1(/N=N/C(=O)NCCNC(=O)/N=N/C2(C#N)CCCCCCCCCCC2)CCCCCCCCCCC1. The number of amides is 4. The fourth-order valence-corrected chi connectivity index (χ4v) is 5.55. The van der Waals surface area contributed by atoms with Crippen LogP contribution in [0.25, 0.3) is 0 Å². The van der Waals surface area contributed by atoms with Gasteiger partial charge in [-0.1, -0.05) is 100 Å². The molecule has 40 heavy (non-hydrogen) atoms. The maximum Gasteiger partial charge on any atom is 0.359 e. The second kappa shape index (κ2) is 20.1. The second-order valence-corrected chi connectivity index (χ2v) is 11.5. The molecule has 0 aromatic rings. The van der Waals surface area contributed by atoms with Gasteiger partial charge in [-0.15, -0.1) is 0 Å². The van der Waals surface area contributed by atoms with Crippen molar-refractivity contribution >= 4 is 12.1 Å². The number of rotatable bonds is 5. The van der Waals surface area contributed by atoms with E-state index in [1.807, 2.05) is 0 Å². The van der Waals surface area contributed by atoms with Crippen molar-refractivity contribution in [1.82, 2.24) is 10.6 Å². The van der Waals surface area contributed by atoms with Crippen LogP contribution in [-0.2, 0) is 0 Å².